The second-order valence-electron chi connectivity index (χ2n) is 7.54. The van der Waals surface area contributed by atoms with E-state index in [0.717, 1.165) is 17.0 Å². The summed E-state index contributed by atoms with van der Waals surface area (Å²) in [7, 11) is 0. The molecule has 0 bridgehead atoms. The zero-order valence-electron chi connectivity index (χ0n) is 17.3. The second kappa shape index (κ2) is 9.54. The van der Waals surface area contributed by atoms with E-state index in [2.05, 4.69) is 53.4 Å². The van der Waals surface area contributed by atoms with Crippen LogP contribution in [0.15, 0.2) is 82.8 Å². The number of aromatic nitrogens is 1. The topological polar surface area (TPSA) is 40.5 Å². The molecule has 0 atom stereocenters. The highest BCUT2D eigenvalue weighted by atomic mass is 32.2. The molecule has 0 spiro atoms. The number of nitrogens with zero attached hydrogens (tertiary/aromatic N) is 1. The number of carbonyl (C=O) groups is 1. The minimum Gasteiger partial charge on any atom is -0.465 e. The van der Waals surface area contributed by atoms with Crippen molar-refractivity contribution in [3.8, 4) is 0 Å². The Morgan fingerprint density at radius 3 is 2.47 bits per heavy atom. The number of hydrogen-bond acceptors (Lipinski definition) is 4. The van der Waals surface area contributed by atoms with E-state index in [-0.39, 0.29) is 5.97 Å². The van der Waals surface area contributed by atoms with E-state index >= 15 is 0 Å². The minimum absolute atomic E-state index is 0.134. The van der Waals surface area contributed by atoms with E-state index in [1.165, 1.54) is 10.5 Å². The lowest BCUT2D eigenvalue weighted by molar-refractivity contribution is -0.154. The first kappa shape index (κ1) is 20.8. The number of benzene rings is 2. The van der Waals surface area contributed by atoms with Crippen molar-refractivity contribution < 1.29 is 14.3 Å². The van der Waals surface area contributed by atoms with Crippen molar-refractivity contribution in [1.82, 2.24) is 4.57 Å². The molecule has 1 aliphatic heterocycles. The normalized spacial score (nSPS) is 15.6. The van der Waals surface area contributed by atoms with Gasteiger partial charge in [0, 0.05) is 41.9 Å². The summed E-state index contributed by atoms with van der Waals surface area (Å²) in [6.45, 7) is 4.29. The Labute approximate surface area is 182 Å². The van der Waals surface area contributed by atoms with E-state index in [9.17, 15) is 4.79 Å². The Balaban J connectivity index is 1.52. The van der Waals surface area contributed by atoms with Crippen molar-refractivity contribution in [3.63, 3.8) is 0 Å². The molecule has 0 amide bonds. The molecule has 1 saturated heterocycles. The van der Waals surface area contributed by atoms with Gasteiger partial charge in [0.15, 0.2) is 0 Å². The molecule has 3 aromatic rings. The van der Waals surface area contributed by atoms with Gasteiger partial charge in [-0.05, 0) is 67.3 Å². The Kier molecular flexibility index (Phi) is 6.60. The average Bonchev–Trinajstić information content (AvgIpc) is 3.29. The Bertz CT molecular complexity index is 960. The first-order valence-corrected chi connectivity index (χ1v) is 11.2. The molecular weight excluding hydrogens is 394 g/mol. The van der Waals surface area contributed by atoms with Gasteiger partial charge in [0.2, 0.25) is 0 Å². The maximum Gasteiger partial charge on any atom is 0.316 e. The van der Waals surface area contributed by atoms with E-state index in [4.69, 9.17) is 9.47 Å². The van der Waals surface area contributed by atoms with Crippen molar-refractivity contribution in [2.75, 3.05) is 19.8 Å². The van der Waals surface area contributed by atoms with Crippen LogP contribution in [-0.2, 0) is 26.2 Å². The molecule has 1 fully saturated rings. The Morgan fingerprint density at radius 2 is 1.77 bits per heavy atom. The van der Waals surface area contributed by atoms with Crippen LogP contribution in [0.5, 0.6) is 0 Å². The number of carbonyl (C=O) groups excluding carboxylic acids is 1. The molecule has 4 nitrogen and oxygen atoms in total. The molecule has 4 rings (SSSR count). The molecule has 1 aromatic heterocycles. The van der Waals surface area contributed by atoms with Crippen LogP contribution in [0.2, 0.25) is 0 Å². The summed E-state index contributed by atoms with van der Waals surface area (Å²) in [4.78, 5) is 15.2. The third-order valence-electron chi connectivity index (χ3n) is 5.59. The molecule has 156 valence electrons. The molecule has 1 aliphatic rings. The van der Waals surface area contributed by atoms with Gasteiger partial charge in [0.05, 0.1) is 12.0 Å². The maximum atomic E-state index is 12.9. The number of rotatable bonds is 7. The van der Waals surface area contributed by atoms with Gasteiger partial charge in [-0.15, -0.1) is 0 Å². The first-order chi connectivity index (χ1) is 14.7. The summed E-state index contributed by atoms with van der Waals surface area (Å²) in [6, 6.07) is 21.1. The van der Waals surface area contributed by atoms with Gasteiger partial charge in [0.1, 0.15) is 0 Å². The van der Waals surface area contributed by atoms with Crippen molar-refractivity contribution in [1.29, 1.82) is 0 Å². The molecule has 0 aliphatic carbocycles. The van der Waals surface area contributed by atoms with Crippen LogP contribution >= 0.6 is 11.8 Å². The SMILES string of the molecule is CCOC(=O)C1(c2cccc(Sc3ccc(Cn4cccc4)cc3)c2)CCOCC1. The first-order valence-electron chi connectivity index (χ1n) is 10.4. The van der Waals surface area contributed by atoms with Gasteiger partial charge in [-0.3, -0.25) is 4.79 Å². The molecule has 0 saturated carbocycles. The van der Waals surface area contributed by atoms with Crippen molar-refractivity contribution in [2.45, 2.75) is 41.5 Å². The standard InChI is InChI=1S/C25H27NO3S/c1-2-29-24(27)25(12-16-28-17-13-25)21-6-5-7-23(18-21)30-22-10-8-20(9-11-22)19-26-14-3-4-15-26/h3-11,14-15,18H,2,12-13,16-17,19H2,1H3. The summed E-state index contributed by atoms with van der Waals surface area (Å²) in [5, 5.41) is 0. The molecular formula is C25H27NO3S. The zero-order valence-corrected chi connectivity index (χ0v) is 18.1. The van der Waals surface area contributed by atoms with Crippen LogP contribution in [-0.4, -0.2) is 30.4 Å². The van der Waals surface area contributed by atoms with E-state index < -0.39 is 5.41 Å². The molecule has 0 unspecified atom stereocenters. The average molecular weight is 422 g/mol. The van der Waals surface area contributed by atoms with E-state index in [1.807, 2.05) is 31.2 Å². The quantitative estimate of drug-likeness (QED) is 0.486. The summed E-state index contributed by atoms with van der Waals surface area (Å²) in [6.07, 6.45) is 5.47. The maximum absolute atomic E-state index is 12.9. The number of esters is 1. The Hall–Kier alpha value is -2.50. The molecule has 2 heterocycles. The molecule has 0 N–H and O–H groups in total. The fourth-order valence-corrected chi connectivity index (χ4v) is 4.82. The molecule has 5 heteroatoms. The predicted molar refractivity (Wildman–Crippen MR) is 119 cm³/mol. The van der Waals surface area contributed by atoms with Crippen LogP contribution in [0.4, 0.5) is 0 Å². The summed E-state index contributed by atoms with van der Waals surface area (Å²) >= 11 is 1.72. The van der Waals surface area contributed by atoms with Gasteiger partial charge in [-0.1, -0.05) is 36.0 Å². The highest BCUT2D eigenvalue weighted by Gasteiger charge is 2.43. The monoisotopic (exact) mass is 421 g/mol. The van der Waals surface area contributed by atoms with Crippen molar-refractivity contribution >= 4 is 17.7 Å². The molecule has 0 radical (unpaired) electrons. The third-order valence-corrected chi connectivity index (χ3v) is 6.59. The Morgan fingerprint density at radius 1 is 1.03 bits per heavy atom. The van der Waals surface area contributed by atoms with Gasteiger partial charge < -0.3 is 14.0 Å². The van der Waals surface area contributed by atoms with Crippen LogP contribution in [0.1, 0.15) is 30.9 Å². The van der Waals surface area contributed by atoms with Gasteiger partial charge in [0.25, 0.3) is 0 Å². The van der Waals surface area contributed by atoms with Crippen LogP contribution in [0, 0.1) is 0 Å². The fourth-order valence-electron chi connectivity index (χ4n) is 3.94. The lowest BCUT2D eigenvalue weighted by atomic mass is 9.74. The highest BCUT2D eigenvalue weighted by Crippen LogP contribution is 2.39. The smallest absolute Gasteiger partial charge is 0.316 e. The zero-order chi connectivity index (χ0) is 20.8. The minimum atomic E-state index is -0.606. The van der Waals surface area contributed by atoms with Crippen LogP contribution in [0.25, 0.3) is 0 Å². The number of hydrogen-bond donors (Lipinski definition) is 0. The van der Waals surface area contributed by atoms with Gasteiger partial charge >= 0.3 is 5.97 Å². The van der Waals surface area contributed by atoms with Crippen LogP contribution in [0.3, 0.4) is 0 Å². The van der Waals surface area contributed by atoms with Gasteiger partial charge in [-0.2, -0.15) is 0 Å². The lowest BCUT2D eigenvalue weighted by Gasteiger charge is -2.35. The van der Waals surface area contributed by atoms with Crippen molar-refractivity contribution in [3.05, 3.63) is 84.2 Å². The third kappa shape index (κ3) is 4.63. The molecule has 2 aromatic carbocycles. The highest BCUT2D eigenvalue weighted by molar-refractivity contribution is 7.99. The lowest BCUT2D eigenvalue weighted by Crippen LogP contribution is -2.42. The van der Waals surface area contributed by atoms with Crippen molar-refractivity contribution in [2.24, 2.45) is 0 Å². The predicted octanol–water partition coefficient (Wildman–Crippen LogP) is 5.30. The molecule has 30 heavy (non-hydrogen) atoms. The van der Waals surface area contributed by atoms with E-state index in [1.54, 1.807) is 11.8 Å². The largest absolute Gasteiger partial charge is 0.465 e. The summed E-state index contributed by atoms with van der Waals surface area (Å²) in [5.41, 5.74) is 1.69. The second-order valence-corrected chi connectivity index (χ2v) is 8.69. The summed E-state index contributed by atoms with van der Waals surface area (Å²) in [5.74, 6) is -0.134. The van der Waals surface area contributed by atoms with Crippen LogP contribution < -0.4 is 0 Å². The fraction of sp³-hybridized carbons (Fsp3) is 0.320. The summed E-state index contributed by atoms with van der Waals surface area (Å²) < 4.78 is 13.1. The van der Waals surface area contributed by atoms with Gasteiger partial charge in [-0.25, -0.2) is 0 Å². The number of ether oxygens (including phenoxy) is 2. The van der Waals surface area contributed by atoms with E-state index in [0.29, 0.717) is 32.7 Å².